The van der Waals surface area contributed by atoms with Crippen molar-refractivity contribution in [1.82, 2.24) is 19.5 Å². The van der Waals surface area contributed by atoms with E-state index >= 15 is 0 Å². The zero-order chi connectivity index (χ0) is 20.3. The third-order valence-corrected chi connectivity index (χ3v) is 6.12. The van der Waals surface area contributed by atoms with E-state index in [4.69, 9.17) is 24.4 Å². The quantitative estimate of drug-likeness (QED) is 0.653. The zero-order valence-electron chi connectivity index (χ0n) is 17.3. The number of imidazole rings is 1. The number of benzene rings is 1. The number of rotatable bonds is 2. The van der Waals surface area contributed by atoms with Gasteiger partial charge >= 0.3 is 0 Å². The smallest absolute Gasteiger partial charge is 0.166 e. The molecule has 0 atom stereocenters. The van der Waals surface area contributed by atoms with Crippen LogP contribution in [0.3, 0.4) is 0 Å². The summed E-state index contributed by atoms with van der Waals surface area (Å²) in [5.74, 6) is 2.51. The summed E-state index contributed by atoms with van der Waals surface area (Å²) in [7, 11) is 0. The monoisotopic (exact) mass is 404 g/mol. The predicted molar refractivity (Wildman–Crippen MR) is 114 cm³/mol. The normalized spacial score (nSPS) is 19.9. The fourth-order valence-electron chi connectivity index (χ4n) is 4.56. The van der Waals surface area contributed by atoms with Gasteiger partial charge in [-0.25, -0.2) is 15.0 Å². The summed E-state index contributed by atoms with van der Waals surface area (Å²) in [5.41, 5.74) is 4.62. The lowest BCUT2D eigenvalue weighted by Gasteiger charge is -2.30. The number of aliphatic imine (C=N–C) groups is 1. The average molecular weight is 404 g/mol. The molecule has 6 rings (SSSR count). The van der Waals surface area contributed by atoms with Crippen LogP contribution in [0, 0.1) is 0 Å². The molecule has 3 aliphatic heterocycles. The molecule has 0 bridgehead atoms. The largest absolute Gasteiger partial charge is 0.378 e. The molecule has 0 aliphatic carbocycles. The fourth-order valence-corrected chi connectivity index (χ4v) is 4.56. The maximum atomic E-state index is 6.00. The van der Waals surface area contributed by atoms with Crippen molar-refractivity contribution in [2.24, 2.45) is 4.99 Å². The van der Waals surface area contributed by atoms with Gasteiger partial charge in [0.25, 0.3) is 0 Å². The van der Waals surface area contributed by atoms with Gasteiger partial charge < -0.3 is 18.9 Å². The number of ether oxygens (including phenoxy) is 2. The predicted octanol–water partition coefficient (Wildman–Crippen LogP) is 2.53. The van der Waals surface area contributed by atoms with Gasteiger partial charge in [-0.15, -0.1) is 0 Å². The molecule has 0 saturated carbocycles. The Morgan fingerprint density at radius 1 is 1.00 bits per heavy atom. The summed E-state index contributed by atoms with van der Waals surface area (Å²) in [4.78, 5) is 21.8. The second kappa shape index (κ2) is 6.58. The number of hydrogen-bond donors (Lipinski definition) is 0. The Hall–Kier alpha value is -2.84. The molecule has 0 spiro atoms. The molecule has 0 unspecified atom stereocenters. The molecule has 1 fully saturated rings. The van der Waals surface area contributed by atoms with E-state index < -0.39 is 5.60 Å². The second-order valence-corrected chi connectivity index (χ2v) is 8.44. The standard InChI is InChI=1S/C22H24N6O2/c1-22(2)21-24-17-19(27-6-9-29-10-7-27)25-18(26-20(17)28(21)8-11-30-22)15-5-3-4-14-12-23-13-16(14)15/h3-5,13H,6-12H2,1-2H3. The van der Waals surface area contributed by atoms with Crippen molar-refractivity contribution in [3.63, 3.8) is 0 Å². The number of nitrogens with zero attached hydrogens (tertiary/aromatic N) is 6. The molecule has 0 N–H and O–H groups in total. The highest BCUT2D eigenvalue weighted by Gasteiger charge is 2.34. The number of morpholine rings is 1. The van der Waals surface area contributed by atoms with Crippen LogP contribution in [-0.2, 0) is 28.2 Å². The topological polar surface area (TPSA) is 77.7 Å². The van der Waals surface area contributed by atoms with E-state index in [9.17, 15) is 0 Å². The van der Waals surface area contributed by atoms with Crippen LogP contribution in [0.5, 0.6) is 0 Å². The maximum Gasteiger partial charge on any atom is 0.166 e. The van der Waals surface area contributed by atoms with Crippen LogP contribution in [0.2, 0.25) is 0 Å². The summed E-state index contributed by atoms with van der Waals surface area (Å²) >= 11 is 0. The van der Waals surface area contributed by atoms with Crippen LogP contribution < -0.4 is 4.90 Å². The second-order valence-electron chi connectivity index (χ2n) is 8.44. The van der Waals surface area contributed by atoms with Crippen LogP contribution in [0.15, 0.2) is 23.2 Å². The first-order valence-corrected chi connectivity index (χ1v) is 10.5. The van der Waals surface area contributed by atoms with Gasteiger partial charge in [0, 0.05) is 37.0 Å². The molecule has 0 radical (unpaired) electrons. The van der Waals surface area contributed by atoms with E-state index in [1.165, 1.54) is 5.56 Å². The number of fused-ring (bicyclic) bond motifs is 4. The van der Waals surface area contributed by atoms with Gasteiger partial charge in [-0.3, -0.25) is 4.99 Å². The van der Waals surface area contributed by atoms with Crippen molar-refractivity contribution in [2.45, 2.75) is 32.5 Å². The van der Waals surface area contributed by atoms with Crippen molar-refractivity contribution in [3.8, 4) is 11.4 Å². The Morgan fingerprint density at radius 3 is 2.73 bits per heavy atom. The van der Waals surface area contributed by atoms with Crippen LogP contribution >= 0.6 is 0 Å². The first-order chi connectivity index (χ1) is 14.6. The first kappa shape index (κ1) is 18.0. The number of aromatic nitrogens is 4. The van der Waals surface area contributed by atoms with E-state index in [2.05, 4.69) is 46.5 Å². The Bertz CT molecular complexity index is 1180. The molecule has 154 valence electrons. The van der Waals surface area contributed by atoms with Gasteiger partial charge in [-0.05, 0) is 19.4 Å². The van der Waals surface area contributed by atoms with Gasteiger partial charge in [-0.1, -0.05) is 18.2 Å². The minimum atomic E-state index is -0.456. The van der Waals surface area contributed by atoms with E-state index in [0.29, 0.717) is 19.8 Å². The van der Waals surface area contributed by atoms with Crippen molar-refractivity contribution in [2.75, 3.05) is 37.8 Å². The van der Waals surface area contributed by atoms with Crippen LogP contribution in [0.4, 0.5) is 5.82 Å². The SMILES string of the molecule is CC1(C)OCCn2c1nc1c(N3CCOCC3)nc(-c3cccc4c3C=NC4)nc12. The van der Waals surface area contributed by atoms with Gasteiger partial charge in [0.05, 0.1) is 26.4 Å². The summed E-state index contributed by atoms with van der Waals surface area (Å²) < 4.78 is 13.8. The Kier molecular flexibility index (Phi) is 3.94. The van der Waals surface area contributed by atoms with E-state index in [0.717, 1.165) is 65.9 Å². The minimum absolute atomic E-state index is 0.456. The zero-order valence-corrected chi connectivity index (χ0v) is 17.3. The summed E-state index contributed by atoms with van der Waals surface area (Å²) in [6.07, 6.45) is 1.94. The highest BCUT2D eigenvalue weighted by atomic mass is 16.5. The first-order valence-electron chi connectivity index (χ1n) is 10.5. The Labute approximate surface area is 174 Å². The summed E-state index contributed by atoms with van der Waals surface area (Å²) in [6.45, 7) is 9.19. The van der Waals surface area contributed by atoms with Gasteiger partial charge in [-0.2, -0.15) is 0 Å². The summed E-state index contributed by atoms with van der Waals surface area (Å²) in [5, 5.41) is 0. The molecule has 5 heterocycles. The van der Waals surface area contributed by atoms with E-state index in [1.54, 1.807) is 0 Å². The number of hydrogen-bond acceptors (Lipinski definition) is 7. The molecular formula is C22H24N6O2. The van der Waals surface area contributed by atoms with Crippen LogP contribution in [0.1, 0.15) is 30.8 Å². The van der Waals surface area contributed by atoms with Crippen molar-refractivity contribution >= 4 is 23.2 Å². The molecule has 1 aromatic carbocycles. The third-order valence-electron chi connectivity index (χ3n) is 6.12. The molecule has 3 aliphatic rings. The lowest BCUT2D eigenvalue weighted by atomic mass is 10.0. The highest BCUT2D eigenvalue weighted by molar-refractivity contribution is 5.94. The van der Waals surface area contributed by atoms with Crippen LogP contribution in [0.25, 0.3) is 22.6 Å². The van der Waals surface area contributed by atoms with Crippen molar-refractivity contribution in [1.29, 1.82) is 0 Å². The minimum Gasteiger partial charge on any atom is -0.378 e. The van der Waals surface area contributed by atoms with E-state index in [-0.39, 0.29) is 0 Å². The molecule has 0 amide bonds. The molecule has 1 saturated heterocycles. The molecular weight excluding hydrogens is 380 g/mol. The van der Waals surface area contributed by atoms with Crippen molar-refractivity contribution in [3.05, 3.63) is 35.2 Å². The molecule has 8 nitrogen and oxygen atoms in total. The van der Waals surface area contributed by atoms with Gasteiger partial charge in [0.2, 0.25) is 0 Å². The average Bonchev–Trinajstić information content (AvgIpc) is 3.39. The lowest BCUT2D eigenvalue weighted by molar-refractivity contribution is -0.0530. The fraction of sp³-hybridized carbons (Fsp3) is 0.455. The molecule has 3 aromatic rings. The maximum absolute atomic E-state index is 6.00. The lowest BCUT2D eigenvalue weighted by Crippen LogP contribution is -2.37. The van der Waals surface area contributed by atoms with Gasteiger partial charge in [0.15, 0.2) is 22.8 Å². The summed E-state index contributed by atoms with van der Waals surface area (Å²) in [6, 6.07) is 6.27. The Balaban J connectivity index is 1.62. The highest BCUT2D eigenvalue weighted by Crippen LogP contribution is 2.36. The molecule has 8 heteroatoms. The third kappa shape index (κ3) is 2.67. The number of anilines is 1. The van der Waals surface area contributed by atoms with E-state index in [1.807, 2.05) is 6.21 Å². The Morgan fingerprint density at radius 2 is 1.87 bits per heavy atom. The van der Waals surface area contributed by atoms with Gasteiger partial charge in [0.1, 0.15) is 11.4 Å². The van der Waals surface area contributed by atoms with Crippen LogP contribution in [-0.4, -0.2) is 58.6 Å². The molecule has 2 aromatic heterocycles. The molecule has 30 heavy (non-hydrogen) atoms. The van der Waals surface area contributed by atoms with Crippen molar-refractivity contribution < 1.29 is 9.47 Å².